The molecule has 0 amide bonds. The van der Waals surface area contributed by atoms with Crippen molar-refractivity contribution in [1.29, 1.82) is 0 Å². The molecule has 2 heteroatoms. The summed E-state index contributed by atoms with van der Waals surface area (Å²) in [5.74, 6) is 6.46. The maximum absolute atomic E-state index is 3.27. The summed E-state index contributed by atoms with van der Waals surface area (Å²) < 4.78 is 0. The molecule has 0 radical (unpaired) electrons. The normalized spacial score (nSPS) is 9.53. The topological polar surface area (TPSA) is 6.48 Å². The Morgan fingerprint density at radius 2 is 1.60 bits per heavy atom. The predicted molar refractivity (Wildman–Crippen MR) is 67.6 cm³/mol. The number of allylic oxidation sites excluding steroid dienone is 2. The Bertz CT molecular complexity index is 258. The second-order valence-electron chi connectivity index (χ2n) is 4.06. The van der Waals surface area contributed by atoms with Gasteiger partial charge in [-0.05, 0) is 53.3 Å². The van der Waals surface area contributed by atoms with Crippen LogP contribution in [0.2, 0.25) is 0 Å². The molecule has 0 rings (SSSR count). The lowest BCUT2D eigenvalue weighted by atomic mass is 10.2. The van der Waals surface area contributed by atoms with Gasteiger partial charge in [-0.25, -0.2) is 0 Å². The monoisotopic (exact) mass is 208 g/mol. The Morgan fingerprint density at radius 1 is 1.07 bits per heavy atom. The lowest BCUT2D eigenvalue weighted by Gasteiger charge is -2.22. The van der Waals surface area contributed by atoms with Crippen LogP contribution in [-0.2, 0) is 0 Å². The van der Waals surface area contributed by atoms with E-state index < -0.39 is 0 Å². The third kappa shape index (κ3) is 5.49. The van der Waals surface area contributed by atoms with Crippen molar-refractivity contribution in [3.63, 3.8) is 0 Å². The van der Waals surface area contributed by atoms with Crippen molar-refractivity contribution < 1.29 is 0 Å². The van der Waals surface area contributed by atoms with E-state index in [2.05, 4.69) is 49.3 Å². The van der Waals surface area contributed by atoms with Crippen LogP contribution in [-0.4, -0.2) is 43.5 Å². The summed E-state index contributed by atoms with van der Waals surface area (Å²) in [7, 11) is 4.07. The fourth-order valence-corrected chi connectivity index (χ4v) is 1.34. The third-order valence-corrected chi connectivity index (χ3v) is 2.16. The van der Waals surface area contributed by atoms with E-state index in [0.29, 0.717) is 0 Å². The molecule has 2 nitrogen and oxygen atoms in total. The number of hydrogen-bond acceptors (Lipinski definition) is 2. The second kappa shape index (κ2) is 7.36. The summed E-state index contributed by atoms with van der Waals surface area (Å²) in [6, 6.07) is 0. The first-order chi connectivity index (χ1) is 7.02. The molecule has 0 aromatic rings. The number of nitrogens with zero attached hydrogens (tertiary/aromatic N) is 2. The summed E-state index contributed by atoms with van der Waals surface area (Å²) >= 11 is 0. The standard InChI is InChI=1S/C13H24N2/c1-7-15(8-2)13(12(3)4)10-9-11-14(5)6/h7-8,11H2,1-6H3. The molecule has 0 aliphatic carbocycles. The van der Waals surface area contributed by atoms with Gasteiger partial charge in [0, 0.05) is 13.1 Å². The van der Waals surface area contributed by atoms with E-state index in [-0.39, 0.29) is 0 Å². The average Bonchev–Trinajstić information content (AvgIpc) is 2.16. The van der Waals surface area contributed by atoms with Gasteiger partial charge in [0.1, 0.15) is 0 Å². The maximum atomic E-state index is 3.27. The first-order valence-corrected chi connectivity index (χ1v) is 5.58. The van der Waals surface area contributed by atoms with Gasteiger partial charge in [0.05, 0.1) is 12.2 Å². The van der Waals surface area contributed by atoms with E-state index in [1.165, 1.54) is 11.3 Å². The molecular formula is C13H24N2. The first-order valence-electron chi connectivity index (χ1n) is 5.58. The predicted octanol–water partition coefficient (Wildman–Crippen LogP) is 2.19. The maximum Gasteiger partial charge on any atom is 0.0865 e. The van der Waals surface area contributed by atoms with Crippen LogP contribution in [0, 0.1) is 11.8 Å². The molecule has 0 atom stereocenters. The number of hydrogen-bond donors (Lipinski definition) is 0. The Hall–Kier alpha value is -0.940. The van der Waals surface area contributed by atoms with Crippen molar-refractivity contribution >= 4 is 0 Å². The molecule has 0 heterocycles. The zero-order chi connectivity index (χ0) is 11.8. The lowest BCUT2D eigenvalue weighted by Crippen LogP contribution is -2.22. The molecule has 0 spiro atoms. The highest BCUT2D eigenvalue weighted by Gasteiger charge is 2.03. The second-order valence-corrected chi connectivity index (χ2v) is 4.06. The van der Waals surface area contributed by atoms with Crippen LogP contribution in [0.15, 0.2) is 11.3 Å². The molecule has 0 aromatic heterocycles. The molecule has 86 valence electrons. The Balaban J connectivity index is 4.68. The van der Waals surface area contributed by atoms with Crippen LogP contribution >= 0.6 is 0 Å². The van der Waals surface area contributed by atoms with Crippen LogP contribution < -0.4 is 0 Å². The van der Waals surface area contributed by atoms with E-state index in [1.807, 2.05) is 14.1 Å². The summed E-state index contributed by atoms with van der Waals surface area (Å²) in [6.45, 7) is 11.4. The van der Waals surface area contributed by atoms with Crippen molar-refractivity contribution in [2.24, 2.45) is 0 Å². The molecule has 0 saturated carbocycles. The van der Waals surface area contributed by atoms with Gasteiger partial charge in [-0.2, -0.15) is 0 Å². The van der Waals surface area contributed by atoms with Crippen molar-refractivity contribution in [2.45, 2.75) is 27.7 Å². The highest BCUT2D eigenvalue weighted by Crippen LogP contribution is 2.08. The van der Waals surface area contributed by atoms with E-state index in [9.17, 15) is 0 Å². The van der Waals surface area contributed by atoms with Crippen molar-refractivity contribution in [3.8, 4) is 11.8 Å². The third-order valence-electron chi connectivity index (χ3n) is 2.16. The molecule has 15 heavy (non-hydrogen) atoms. The molecular weight excluding hydrogens is 184 g/mol. The molecule has 0 N–H and O–H groups in total. The summed E-state index contributed by atoms with van der Waals surface area (Å²) in [5, 5.41) is 0. The van der Waals surface area contributed by atoms with E-state index in [0.717, 1.165) is 19.6 Å². The Morgan fingerprint density at radius 3 is 1.93 bits per heavy atom. The first kappa shape index (κ1) is 14.1. The van der Waals surface area contributed by atoms with Crippen LogP contribution in [0.3, 0.4) is 0 Å². The zero-order valence-corrected chi connectivity index (χ0v) is 11.0. The molecule has 0 unspecified atom stereocenters. The van der Waals surface area contributed by atoms with Gasteiger partial charge >= 0.3 is 0 Å². The minimum absolute atomic E-state index is 0.818. The average molecular weight is 208 g/mol. The van der Waals surface area contributed by atoms with Crippen LogP contribution in [0.25, 0.3) is 0 Å². The molecule has 0 aromatic carbocycles. The highest BCUT2D eigenvalue weighted by molar-refractivity contribution is 5.31. The van der Waals surface area contributed by atoms with Gasteiger partial charge in [0.15, 0.2) is 0 Å². The fourth-order valence-electron chi connectivity index (χ4n) is 1.34. The quantitative estimate of drug-likeness (QED) is 0.653. The van der Waals surface area contributed by atoms with Gasteiger partial charge in [-0.15, -0.1) is 0 Å². The van der Waals surface area contributed by atoms with Crippen molar-refractivity contribution in [1.82, 2.24) is 9.80 Å². The SMILES string of the molecule is CCN(CC)C(C#CCN(C)C)=C(C)C. The van der Waals surface area contributed by atoms with Crippen molar-refractivity contribution in [2.75, 3.05) is 33.7 Å². The minimum atomic E-state index is 0.818. The molecule has 0 saturated heterocycles. The molecule has 0 aliphatic heterocycles. The van der Waals surface area contributed by atoms with Gasteiger partial charge in [-0.1, -0.05) is 5.92 Å². The smallest absolute Gasteiger partial charge is 0.0865 e. The number of rotatable bonds is 4. The summed E-state index contributed by atoms with van der Waals surface area (Å²) in [5.41, 5.74) is 2.48. The van der Waals surface area contributed by atoms with Gasteiger partial charge in [-0.3, -0.25) is 4.90 Å². The highest BCUT2D eigenvalue weighted by atomic mass is 15.1. The van der Waals surface area contributed by atoms with E-state index in [1.54, 1.807) is 0 Å². The van der Waals surface area contributed by atoms with Gasteiger partial charge < -0.3 is 4.90 Å². The van der Waals surface area contributed by atoms with Crippen LogP contribution in [0.5, 0.6) is 0 Å². The summed E-state index contributed by atoms with van der Waals surface area (Å²) in [6.07, 6.45) is 0. The molecule has 0 bridgehead atoms. The molecule has 0 fully saturated rings. The van der Waals surface area contributed by atoms with Gasteiger partial charge in [0.2, 0.25) is 0 Å². The van der Waals surface area contributed by atoms with Crippen LogP contribution in [0.1, 0.15) is 27.7 Å². The van der Waals surface area contributed by atoms with E-state index in [4.69, 9.17) is 0 Å². The largest absolute Gasteiger partial charge is 0.365 e. The zero-order valence-electron chi connectivity index (χ0n) is 11.0. The Kier molecular flexibility index (Phi) is 6.90. The van der Waals surface area contributed by atoms with Crippen LogP contribution in [0.4, 0.5) is 0 Å². The Labute approximate surface area is 94.9 Å². The lowest BCUT2D eigenvalue weighted by molar-refractivity contribution is 0.394. The minimum Gasteiger partial charge on any atom is -0.365 e. The van der Waals surface area contributed by atoms with E-state index >= 15 is 0 Å². The van der Waals surface area contributed by atoms with Gasteiger partial charge in [0.25, 0.3) is 0 Å². The van der Waals surface area contributed by atoms with Crippen molar-refractivity contribution in [3.05, 3.63) is 11.3 Å². The fraction of sp³-hybridized carbons (Fsp3) is 0.692. The molecule has 0 aliphatic rings. The summed E-state index contributed by atoms with van der Waals surface area (Å²) in [4.78, 5) is 4.38.